The van der Waals surface area contributed by atoms with E-state index in [1.807, 2.05) is 30.2 Å². The van der Waals surface area contributed by atoms with Gasteiger partial charge in [-0.05, 0) is 19.1 Å². The number of aryl methyl sites for hydroxylation is 2. The van der Waals surface area contributed by atoms with Gasteiger partial charge in [0.25, 0.3) is 0 Å². The fourth-order valence-corrected chi connectivity index (χ4v) is 3.06. The lowest BCUT2D eigenvalue weighted by atomic mass is 10.2. The Kier molecular flexibility index (Phi) is 4.34. The predicted molar refractivity (Wildman–Crippen MR) is 93.7 cm³/mol. The van der Waals surface area contributed by atoms with Crippen molar-refractivity contribution in [3.63, 3.8) is 0 Å². The molecule has 1 aromatic carbocycles. The molecule has 0 atom stereocenters. The Bertz CT molecular complexity index is 799. The van der Waals surface area contributed by atoms with Gasteiger partial charge in [0.2, 0.25) is 0 Å². The molecule has 0 aliphatic rings. The van der Waals surface area contributed by atoms with E-state index in [0.29, 0.717) is 0 Å². The first-order chi connectivity index (χ1) is 11.1. The average Bonchev–Trinajstić information content (AvgIpc) is 3.04. The second kappa shape index (κ2) is 6.42. The highest BCUT2D eigenvalue weighted by Crippen LogP contribution is 2.20. The maximum absolute atomic E-state index is 4.52. The summed E-state index contributed by atoms with van der Waals surface area (Å²) in [5.41, 5.74) is 4.57. The predicted octanol–water partition coefficient (Wildman–Crippen LogP) is 1.93. The summed E-state index contributed by atoms with van der Waals surface area (Å²) < 4.78 is 4.13. The fourth-order valence-electron chi connectivity index (χ4n) is 3.06. The summed E-state index contributed by atoms with van der Waals surface area (Å²) in [5.74, 6) is 1.16. The second-order valence-electron chi connectivity index (χ2n) is 6.01. The number of rotatable bonds is 6. The fraction of sp³-hybridized carbons (Fsp3) is 0.412. The van der Waals surface area contributed by atoms with Crippen LogP contribution in [0.15, 0.2) is 30.6 Å². The van der Waals surface area contributed by atoms with E-state index in [4.69, 9.17) is 0 Å². The third-order valence-corrected chi connectivity index (χ3v) is 4.10. The largest absolute Gasteiger partial charge is 0.363 e. The van der Waals surface area contributed by atoms with Gasteiger partial charge in [0.05, 0.1) is 23.1 Å². The Hall–Kier alpha value is -2.34. The number of nitrogens with zero attached hydrogens (tertiary/aromatic N) is 5. The van der Waals surface area contributed by atoms with Crippen LogP contribution in [0.1, 0.15) is 11.3 Å². The lowest BCUT2D eigenvalue weighted by molar-refractivity contribution is 0.605. The molecule has 0 saturated carbocycles. The zero-order valence-corrected chi connectivity index (χ0v) is 14.2. The molecule has 0 unspecified atom stereocenters. The molecule has 23 heavy (non-hydrogen) atoms. The Labute approximate surface area is 136 Å². The van der Waals surface area contributed by atoms with Crippen LogP contribution in [0, 0.1) is 6.92 Å². The molecule has 0 fully saturated rings. The molecule has 0 aliphatic carbocycles. The van der Waals surface area contributed by atoms with Gasteiger partial charge >= 0.3 is 0 Å². The van der Waals surface area contributed by atoms with Gasteiger partial charge < -0.3 is 14.8 Å². The Morgan fingerprint density at radius 3 is 2.78 bits per heavy atom. The van der Waals surface area contributed by atoms with Gasteiger partial charge in [-0.1, -0.05) is 12.1 Å². The number of imidazole rings is 1. The monoisotopic (exact) mass is 312 g/mol. The van der Waals surface area contributed by atoms with E-state index < -0.39 is 0 Å². The van der Waals surface area contributed by atoms with Gasteiger partial charge in [0.1, 0.15) is 5.82 Å². The van der Waals surface area contributed by atoms with E-state index in [0.717, 1.165) is 36.7 Å². The van der Waals surface area contributed by atoms with Crippen molar-refractivity contribution in [3.8, 4) is 0 Å². The van der Waals surface area contributed by atoms with Gasteiger partial charge in [-0.2, -0.15) is 5.10 Å². The number of nitrogens with one attached hydrogen (secondary N) is 1. The topological polar surface area (TPSA) is 50.9 Å². The lowest BCUT2D eigenvalue weighted by Gasteiger charge is -2.15. The van der Waals surface area contributed by atoms with Crippen molar-refractivity contribution in [1.29, 1.82) is 0 Å². The van der Waals surface area contributed by atoms with E-state index in [1.54, 1.807) is 0 Å². The number of aromatic nitrogens is 4. The molecule has 0 amide bonds. The average molecular weight is 312 g/mol. The van der Waals surface area contributed by atoms with Crippen molar-refractivity contribution in [2.45, 2.75) is 20.0 Å². The standard InChI is InChI=1S/C17H24N6/c1-13-14(17(21(2)3)22(4)20-13)11-18-9-10-23-12-19-15-7-5-6-8-16(15)23/h5-8,12,18H,9-11H2,1-4H3. The van der Waals surface area contributed by atoms with Crippen LogP contribution in [0.5, 0.6) is 0 Å². The second-order valence-corrected chi connectivity index (χ2v) is 6.01. The highest BCUT2D eigenvalue weighted by atomic mass is 15.4. The molecule has 0 aliphatic heterocycles. The van der Waals surface area contributed by atoms with E-state index in [9.17, 15) is 0 Å². The molecular formula is C17H24N6. The minimum absolute atomic E-state index is 0.819. The Morgan fingerprint density at radius 1 is 1.22 bits per heavy atom. The molecule has 0 radical (unpaired) electrons. The number of fused-ring (bicyclic) bond motifs is 1. The summed E-state index contributed by atoms with van der Waals surface area (Å²) in [6, 6.07) is 8.22. The van der Waals surface area contributed by atoms with Crippen LogP contribution in [-0.2, 0) is 20.1 Å². The van der Waals surface area contributed by atoms with Crippen molar-refractivity contribution >= 4 is 16.9 Å². The van der Waals surface area contributed by atoms with Crippen molar-refractivity contribution in [1.82, 2.24) is 24.6 Å². The lowest BCUT2D eigenvalue weighted by Crippen LogP contribution is -2.22. The first kappa shape index (κ1) is 15.6. The summed E-state index contributed by atoms with van der Waals surface area (Å²) in [6.45, 7) is 4.67. The van der Waals surface area contributed by atoms with E-state index in [-0.39, 0.29) is 0 Å². The molecule has 6 nitrogen and oxygen atoms in total. The van der Waals surface area contributed by atoms with Crippen molar-refractivity contribution in [2.75, 3.05) is 25.5 Å². The van der Waals surface area contributed by atoms with Crippen molar-refractivity contribution in [2.24, 2.45) is 7.05 Å². The third kappa shape index (κ3) is 3.07. The smallest absolute Gasteiger partial charge is 0.130 e. The maximum atomic E-state index is 4.52. The summed E-state index contributed by atoms with van der Waals surface area (Å²) >= 11 is 0. The number of para-hydroxylation sites is 2. The SMILES string of the molecule is Cc1nn(C)c(N(C)C)c1CNCCn1cnc2ccccc21. The van der Waals surface area contributed by atoms with Gasteiger partial charge in [0.15, 0.2) is 0 Å². The van der Waals surface area contributed by atoms with E-state index >= 15 is 0 Å². The van der Waals surface area contributed by atoms with Gasteiger partial charge in [-0.15, -0.1) is 0 Å². The molecule has 6 heteroatoms. The molecule has 0 bridgehead atoms. The first-order valence-electron chi connectivity index (χ1n) is 7.88. The molecular weight excluding hydrogens is 288 g/mol. The number of hydrogen-bond acceptors (Lipinski definition) is 4. The van der Waals surface area contributed by atoms with Crippen LogP contribution in [0.4, 0.5) is 5.82 Å². The normalized spacial score (nSPS) is 11.3. The summed E-state index contributed by atoms with van der Waals surface area (Å²) in [6.07, 6.45) is 1.91. The van der Waals surface area contributed by atoms with E-state index in [1.165, 1.54) is 11.1 Å². The van der Waals surface area contributed by atoms with Crippen LogP contribution in [-0.4, -0.2) is 40.0 Å². The molecule has 2 aromatic heterocycles. The van der Waals surface area contributed by atoms with Crippen LogP contribution in [0.2, 0.25) is 0 Å². The molecule has 3 rings (SSSR count). The van der Waals surface area contributed by atoms with Crippen LogP contribution >= 0.6 is 0 Å². The molecule has 2 heterocycles. The molecule has 0 spiro atoms. The van der Waals surface area contributed by atoms with Crippen molar-refractivity contribution < 1.29 is 0 Å². The number of hydrogen-bond donors (Lipinski definition) is 1. The van der Waals surface area contributed by atoms with Gasteiger partial charge in [-0.25, -0.2) is 4.98 Å². The van der Waals surface area contributed by atoms with Crippen molar-refractivity contribution in [3.05, 3.63) is 41.9 Å². The minimum atomic E-state index is 0.819. The van der Waals surface area contributed by atoms with Crippen LogP contribution in [0.25, 0.3) is 11.0 Å². The summed E-state index contributed by atoms with van der Waals surface area (Å²) in [7, 11) is 6.10. The zero-order chi connectivity index (χ0) is 16.4. The van der Waals surface area contributed by atoms with Gasteiger partial charge in [-0.3, -0.25) is 4.68 Å². The summed E-state index contributed by atoms with van der Waals surface area (Å²) in [4.78, 5) is 6.54. The van der Waals surface area contributed by atoms with Crippen LogP contribution in [0.3, 0.4) is 0 Å². The quantitative estimate of drug-likeness (QED) is 0.707. The minimum Gasteiger partial charge on any atom is -0.363 e. The Balaban J connectivity index is 1.62. The first-order valence-corrected chi connectivity index (χ1v) is 7.88. The molecule has 0 saturated heterocycles. The highest BCUT2D eigenvalue weighted by molar-refractivity contribution is 5.74. The van der Waals surface area contributed by atoms with E-state index in [2.05, 4.69) is 58.0 Å². The molecule has 1 N–H and O–H groups in total. The zero-order valence-electron chi connectivity index (χ0n) is 14.2. The third-order valence-electron chi connectivity index (χ3n) is 4.10. The number of benzene rings is 1. The molecule has 122 valence electrons. The maximum Gasteiger partial charge on any atom is 0.130 e. The summed E-state index contributed by atoms with van der Waals surface area (Å²) in [5, 5.41) is 8.05. The highest BCUT2D eigenvalue weighted by Gasteiger charge is 2.14. The Morgan fingerprint density at radius 2 is 2.00 bits per heavy atom. The number of anilines is 1. The van der Waals surface area contributed by atoms with Gasteiger partial charge in [0, 0.05) is 46.3 Å². The van der Waals surface area contributed by atoms with Crippen LogP contribution < -0.4 is 10.2 Å². The molecule has 3 aromatic rings.